The highest BCUT2D eigenvalue weighted by Gasteiger charge is 2.28. The molecule has 2 rings (SSSR count). The van der Waals surface area contributed by atoms with Crippen molar-refractivity contribution in [2.45, 2.75) is 33.2 Å². The molecule has 2 heterocycles. The van der Waals surface area contributed by atoms with Gasteiger partial charge in [-0.3, -0.25) is 4.90 Å². The predicted octanol–water partition coefficient (Wildman–Crippen LogP) is 2.41. The van der Waals surface area contributed by atoms with Gasteiger partial charge in [0.05, 0.1) is 6.54 Å². The summed E-state index contributed by atoms with van der Waals surface area (Å²) in [6.45, 7) is 8.72. The van der Waals surface area contributed by atoms with Crippen molar-refractivity contribution in [3.8, 4) is 0 Å². The summed E-state index contributed by atoms with van der Waals surface area (Å²) in [5.41, 5.74) is 0.411. The summed E-state index contributed by atoms with van der Waals surface area (Å²) in [4.78, 5) is 2.37. The molecule has 1 unspecified atom stereocenters. The molecule has 1 fully saturated rings. The monoisotopic (exact) mass is 236 g/mol. The second-order valence-electron chi connectivity index (χ2n) is 5.78. The second-order valence-corrected chi connectivity index (χ2v) is 5.78. The molecule has 17 heavy (non-hydrogen) atoms. The fourth-order valence-electron chi connectivity index (χ4n) is 2.80. The van der Waals surface area contributed by atoms with Gasteiger partial charge in [0.2, 0.25) is 0 Å². The van der Waals surface area contributed by atoms with Gasteiger partial charge < -0.3 is 9.73 Å². The van der Waals surface area contributed by atoms with Gasteiger partial charge in [-0.2, -0.15) is 0 Å². The van der Waals surface area contributed by atoms with Crippen LogP contribution in [0.1, 0.15) is 31.3 Å². The summed E-state index contributed by atoms with van der Waals surface area (Å²) in [6, 6.07) is 4.11. The minimum absolute atomic E-state index is 0.411. The van der Waals surface area contributed by atoms with Crippen molar-refractivity contribution in [3.05, 3.63) is 23.7 Å². The number of nitrogens with one attached hydrogen (secondary N) is 1. The molecule has 0 aromatic carbocycles. The van der Waals surface area contributed by atoms with Crippen molar-refractivity contribution in [1.29, 1.82) is 0 Å². The first-order valence-corrected chi connectivity index (χ1v) is 6.52. The quantitative estimate of drug-likeness (QED) is 0.870. The highest BCUT2D eigenvalue weighted by Crippen LogP contribution is 2.26. The third-order valence-electron chi connectivity index (χ3n) is 3.56. The first-order chi connectivity index (χ1) is 8.07. The molecule has 1 saturated heterocycles. The maximum Gasteiger partial charge on any atom is 0.118 e. The lowest BCUT2D eigenvalue weighted by molar-refractivity contribution is 0.142. The molecule has 1 N–H and O–H groups in total. The van der Waals surface area contributed by atoms with E-state index in [1.54, 1.807) is 0 Å². The fourth-order valence-corrected chi connectivity index (χ4v) is 2.80. The Hall–Kier alpha value is -0.800. The van der Waals surface area contributed by atoms with Crippen LogP contribution in [0.5, 0.6) is 0 Å². The van der Waals surface area contributed by atoms with Crippen LogP contribution in [0.2, 0.25) is 0 Å². The first kappa shape index (κ1) is 12.7. The summed E-state index contributed by atoms with van der Waals surface area (Å²) in [7, 11) is 2.18. The Morgan fingerprint density at radius 1 is 1.47 bits per heavy atom. The van der Waals surface area contributed by atoms with Crippen molar-refractivity contribution >= 4 is 0 Å². The zero-order valence-electron chi connectivity index (χ0n) is 11.3. The molecule has 0 radical (unpaired) electrons. The topological polar surface area (TPSA) is 28.4 Å². The van der Waals surface area contributed by atoms with E-state index < -0.39 is 0 Å². The highest BCUT2D eigenvalue weighted by atomic mass is 16.3. The summed E-state index contributed by atoms with van der Waals surface area (Å²) in [6.07, 6.45) is 2.62. The molecule has 0 bridgehead atoms. The Morgan fingerprint density at radius 2 is 2.29 bits per heavy atom. The number of rotatable bonds is 4. The van der Waals surface area contributed by atoms with E-state index >= 15 is 0 Å². The van der Waals surface area contributed by atoms with Crippen LogP contribution in [-0.2, 0) is 6.54 Å². The van der Waals surface area contributed by atoms with Crippen LogP contribution in [0.3, 0.4) is 0 Å². The summed E-state index contributed by atoms with van der Waals surface area (Å²) in [5.74, 6) is 2.07. The molecule has 0 amide bonds. The van der Waals surface area contributed by atoms with E-state index in [0.717, 1.165) is 31.2 Å². The van der Waals surface area contributed by atoms with Crippen LogP contribution in [0.4, 0.5) is 0 Å². The standard InChI is InChI=1S/C14H24N2O/c1-12-5-6-13(17-12)9-16(3)11-14(2)7-4-8-15-10-14/h5-6,15H,4,7-11H2,1-3H3. The van der Waals surface area contributed by atoms with Gasteiger partial charge in [0.25, 0.3) is 0 Å². The Morgan fingerprint density at radius 3 is 2.88 bits per heavy atom. The molecule has 0 saturated carbocycles. The van der Waals surface area contributed by atoms with Crippen LogP contribution in [0, 0.1) is 12.3 Å². The highest BCUT2D eigenvalue weighted by molar-refractivity contribution is 5.05. The average Bonchev–Trinajstić information content (AvgIpc) is 2.63. The van der Waals surface area contributed by atoms with Gasteiger partial charge in [0, 0.05) is 13.1 Å². The number of hydrogen-bond acceptors (Lipinski definition) is 3. The molecular weight excluding hydrogens is 212 g/mol. The van der Waals surface area contributed by atoms with Crippen molar-refractivity contribution in [2.24, 2.45) is 5.41 Å². The van der Waals surface area contributed by atoms with Crippen LogP contribution in [-0.4, -0.2) is 31.6 Å². The largest absolute Gasteiger partial charge is 0.465 e. The maximum absolute atomic E-state index is 5.62. The van der Waals surface area contributed by atoms with Gasteiger partial charge >= 0.3 is 0 Å². The van der Waals surface area contributed by atoms with Crippen molar-refractivity contribution in [3.63, 3.8) is 0 Å². The summed E-state index contributed by atoms with van der Waals surface area (Å²) in [5, 5.41) is 3.50. The number of nitrogens with zero attached hydrogens (tertiary/aromatic N) is 1. The van der Waals surface area contributed by atoms with Crippen molar-refractivity contribution in [2.75, 3.05) is 26.7 Å². The lowest BCUT2D eigenvalue weighted by Crippen LogP contribution is -2.44. The van der Waals surface area contributed by atoms with Crippen LogP contribution in [0.15, 0.2) is 16.5 Å². The Balaban J connectivity index is 1.85. The number of piperidine rings is 1. The molecule has 1 aromatic heterocycles. The fraction of sp³-hybridized carbons (Fsp3) is 0.714. The van der Waals surface area contributed by atoms with Gasteiger partial charge in [0.15, 0.2) is 0 Å². The summed E-state index contributed by atoms with van der Waals surface area (Å²) < 4.78 is 5.62. The zero-order valence-corrected chi connectivity index (χ0v) is 11.3. The lowest BCUT2D eigenvalue weighted by Gasteiger charge is -2.37. The minimum Gasteiger partial charge on any atom is -0.465 e. The molecule has 0 spiro atoms. The first-order valence-electron chi connectivity index (χ1n) is 6.52. The number of hydrogen-bond donors (Lipinski definition) is 1. The normalized spacial score (nSPS) is 25.4. The van der Waals surface area contributed by atoms with Crippen molar-refractivity contribution in [1.82, 2.24) is 10.2 Å². The molecule has 96 valence electrons. The third kappa shape index (κ3) is 3.58. The minimum atomic E-state index is 0.411. The third-order valence-corrected chi connectivity index (χ3v) is 3.56. The maximum atomic E-state index is 5.62. The Bertz CT molecular complexity index is 353. The molecule has 3 nitrogen and oxygen atoms in total. The lowest BCUT2D eigenvalue weighted by atomic mass is 9.82. The molecule has 1 aromatic rings. The van der Waals surface area contributed by atoms with E-state index in [4.69, 9.17) is 4.42 Å². The summed E-state index contributed by atoms with van der Waals surface area (Å²) >= 11 is 0. The number of furan rings is 1. The Labute approximate surface area is 104 Å². The van der Waals surface area contributed by atoms with Gasteiger partial charge in [-0.05, 0) is 50.9 Å². The van der Waals surface area contributed by atoms with E-state index in [-0.39, 0.29) is 0 Å². The van der Waals surface area contributed by atoms with E-state index in [1.165, 1.54) is 19.4 Å². The van der Waals surface area contributed by atoms with Crippen LogP contribution in [0.25, 0.3) is 0 Å². The van der Waals surface area contributed by atoms with E-state index in [2.05, 4.69) is 30.3 Å². The molecular formula is C14H24N2O. The second kappa shape index (κ2) is 5.23. The molecule has 1 aliphatic heterocycles. The molecule has 0 aliphatic carbocycles. The molecule has 1 aliphatic rings. The van der Waals surface area contributed by atoms with Gasteiger partial charge in [0.1, 0.15) is 11.5 Å². The molecule has 1 atom stereocenters. The van der Waals surface area contributed by atoms with Gasteiger partial charge in [-0.25, -0.2) is 0 Å². The smallest absolute Gasteiger partial charge is 0.118 e. The van der Waals surface area contributed by atoms with E-state index in [0.29, 0.717) is 5.41 Å². The zero-order chi connectivity index (χ0) is 12.3. The van der Waals surface area contributed by atoms with Gasteiger partial charge in [-0.1, -0.05) is 6.92 Å². The SMILES string of the molecule is Cc1ccc(CN(C)CC2(C)CCCNC2)o1. The van der Waals surface area contributed by atoms with E-state index in [1.807, 2.05) is 13.0 Å². The molecule has 3 heteroatoms. The predicted molar refractivity (Wildman–Crippen MR) is 70.0 cm³/mol. The van der Waals surface area contributed by atoms with E-state index in [9.17, 15) is 0 Å². The Kier molecular flexibility index (Phi) is 3.89. The number of aryl methyl sites for hydroxylation is 1. The van der Waals surface area contributed by atoms with Crippen LogP contribution >= 0.6 is 0 Å². The average molecular weight is 236 g/mol. The van der Waals surface area contributed by atoms with Crippen molar-refractivity contribution < 1.29 is 4.42 Å². The van der Waals surface area contributed by atoms with Crippen LogP contribution < -0.4 is 5.32 Å². The van der Waals surface area contributed by atoms with Gasteiger partial charge in [-0.15, -0.1) is 0 Å².